The van der Waals surface area contributed by atoms with Crippen molar-refractivity contribution in [1.82, 2.24) is 5.32 Å². The van der Waals surface area contributed by atoms with Crippen molar-refractivity contribution in [2.24, 2.45) is 5.41 Å². The number of benzene rings is 2. The molecular formula is C19H19BrN2O2. The molecule has 4 nitrogen and oxygen atoms in total. The highest BCUT2D eigenvalue weighted by molar-refractivity contribution is 9.10. The summed E-state index contributed by atoms with van der Waals surface area (Å²) in [5.41, 5.74) is 0.782. The second-order valence-electron chi connectivity index (χ2n) is 6.15. The molecule has 124 valence electrons. The first-order valence-electron chi connectivity index (χ1n) is 7.94. The summed E-state index contributed by atoms with van der Waals surface area (Å²) in [6.07, 6.45) is 1.17. The Bertz CT molecular complexity index is 740. The van der Waals surface area contributed by atoms with Gasteiger partial charge in [-0.2, -0.15) is 0 Å². The Morgan fingerprint density at radius 2 is 1.62 bits per heavy atom. The van der Waals surface area contributed by atoms with E-state index in [1.165, 1.54) is 0 Å². The van der Waals surface area contributed by atoms with Crippen molar-refractivity contribution in [3.63, 3.8) is 0 Å². The molecule has 3 rings (SSSR count). The molecule has 2 aromatic rings. The van der Waals surface area contributed by atoms with Gasteiger partial charge >= 0.3 is 0 Å². The van der Waals surface area contributed by atoms with Crippen molar-refractivity contribution in [2.45, 2.75) is 25.8 Å². The molecule has 1 saturated carbocycles. The van der Waals surface area contributed by atoms with Gasteiger partial charge in [0, 0.05) is 10.2 Å². The highest BCUT2D eigenvalue weighted by Crippen LogP contribution is 2.47. The fourth-order valence-electron chi connectivity index (χ4n) is 2.63. The molecule has 0 heterocycles. The molecule has 2 amide bonds. The average molecular weight is 387 g/mol. The molecule has 0 bridgehead atoms. The van der Waals surface area contributed by atoms with E-state index in [0.29, 0.717) is 18.5 Å². The molecule has 5 heteroatoms. The van der Waals surface area contributed by atoms with E-state index in [2.05, 4.69) is 26.6 Å². The minimum Gasteiger partial charge on any atom is -0.349 e. The molecule has 2 aromatic carbocycles. The van der Waals surface area contributed by atoms with E-state index in [1.54, 1.807) is 0 Å². The fourth-order valence-corrected chi connectivity index (χ4v) is 2.89. The predicted octanol–water partition coefficient (Wildman–Crippen LogP) is 4.05. The maximum absolute atomic E-state index is 12.6. The van der Waals surface area contributed by atoms with Crippen molar-refractivity contribution >= 4 is 33.4 Å². The average Bonchev–Trinajstić information content (AvgIpc) is 3.39. The minimum absolute atomic E-state index is 0.128. The molecule has 0 radical (unpaired) electrons. The quantitative estimate of drug-likeness (QED) is 0.761. The van der Waals surface area contributed by atoms with E-state index >= 15 is 0 Å². The maximum Gasteiger partial charge on any atom is 0.240 e. The van der Waals surface area contributed by atoms with Crippen molar-refractivity contribution in [1.29, 1.82) is 0 Å². The van der Waals surface area contributed by atoms with Gasteiger partial charge in [0.15, 0.2) is 0 Å². The zero-order valence-corrected chi connectivity index (χ0v) is 15.0. The molecule has 0 spiro atoms. The molecule has 24 heavy (non-hydrogen) atoms. The van der Waals surface area contributed by atoms with Crippen LogP contribution in [-0.2, 0) is 9.59 Å². The van der Waals surface area contributed by atoms with Crippen LogP contribution in [0.5, 0.6) is 0 Å². The van der Waals surface area contributed by atoms with E-state index in [1.807, 2.05) is 61.5 Å². The number of halogens is 1. The van der Waals surface area contributed by atoms with E-state index in [9.17, 15) is 9.59 Å². The normalized spacial score (nSPS) is 16.1. The molecule has 0 aliphatic heterocycles. The molecule has 1 fully saturated rings. The van der Waals surface area contributed by atoms with Gasteiger partial charge in [0.25, 0.3) is 0 Å². The Kier molecular flexibility index (Phi) is 4.71. The lowest BCUT2D eigenvalue weighted by molar-refractivity contribution is -0.134. The molecular weight excluding hydrogens is 368 g/mol. The maximum atomic E-state index is 12.6. The van der Waals surface area contributed by atoms with Gasteiger partial charge in [0.1, 0.15) is 5.41 Å². The number of anilines is 1. The molecule has 2 N–H and O–H groups in total. The topological polar surface area (TPSA) is 58.2 Å². The van der Waals surface area contributed by atoms with Gasteiger partial charge in [-0.25, -0.2) is 0 Å². The molecule has 1 atom stereocenters. The van der Waals surface area contributed by atoms with Crippen LogP contribution in [0.1, 0.15) is 31.4 Å². The SMILES string of the molecule is CC(NC(=O)C1(C(=O)Nc2ccc(Br)cc2)CC1)c1ccccc1. The van der Waals surface area contributed by atoms with Gasteiger partial charge in [0.2, 0.25) is 11.8 Å². The lowest BCUT2D eigenvalue weighted by atomic mass is 10.0. The zero-order chi connectivity index (χ0) is 17.2. The summed E-state index contributed by atoms with van der Waals surface area (Å²) in [6.45, 7) is 1.93. The predicted molar refractivity (Wildman–Crippen MR) is 97.4 cm³/mol. The van der Waals surface area contributed by atoms with Gasteiger partial charge in [-0.1, -0.05) is 46.3 Å². The van der Waals surface area contributed by atoms with Crippen LogP contribution < -0.4 is 10.6 Å². The summed E-state index contributed by atoms with van der Waals surface area (Å²) in [5.74, 6) is -0.434. The fraction of sp³-hybridized carbons (Fsp3) is 0.263. The van der Waals surface area contributed by atoms with E-state index in [-0.39, 0.29) is 17.9 Å². The monoisotopic (exact) mass is 386 g/mol. The van der Waals surface area contributed by atoms with E-state index in [0.717, 1.165) is 10.0 Å². The summed E-state index contributed by atoms with van der Waals surface area (Å²) in [4.78, 5) is 25.2. The van der Waals surface area contributed by atoms with Crippen molar-refractivity contribution < 1.29 is 9.59 Å². The third kappa shape index (κ3) is 3.51. The van der Waals surface area contributed by atoms with Crippen molar-refractivity contribution in [2.75, 3.05) is 5.32 Å². The first-order valence-corrected chi connectivity index (χ1v) is 8.73. The number of carbonyl (C=O) groups excluding carboxylic acids is 2. The van der Waals surface area contributed by atoms with Gasteiger partial charge in [-0.05, 0) is 49.6 Å². The zero-order valence-electron chi connectivity index (χ0n) is 13.4. The second kappa shape index (κ2) is 6.77. The summed E-state index contributed by atoms with van der Waals surface area (Å²) in [5, 5.41) is 5.81. The molecule has 0 saturated heterocycles. The summed E-state index contributed by atoms with van der Waals surface area (Å²) in [7, 11) is 0. The molecule has 1 aliphatic rings. The van der Waals surface area contributed by atoms with Crippen LogP contribution in [0.25, 0.3) is 0 Å². The number of hydrogen-bond acceptors (Lipinski definition) is 2. The first-order chi connectivity index (χ1) is 11.5. The lowest BCUT2D eigenvalue weighted by Crippen LogP contribution is -2.41. The standard InChI is InChI=1S/C19H19BrN2O2/c1-13(14-5-3-2-4-6-14)21-17(23)19(11-12-19)18(24)22-16-9-7-15(20)8-10-16/h2-10,13H,11-12H2,1H3,(H,21,23)(H,22,24). The summed E-state index contributed by atoms with van der Waals surface area (Å²) >= 11 is 3.36. The van der Waals surface area contributed by atoms with Crippen LogP contribution in [0.4, 0.5) is 5.69 Å². The van der Waals surface area contributed by atoms with Crippen LogP contribution in [0.2, 0.25) is 0 Å². The van der Waals surface area contributed by atoms with Crippen LogP contribution in [0, 0.1) is 5.41 Å². The Hall–Kier alpha value is -2.14. The number of hydrogen-bond donors (Lipinski definition) is 2. The number of nitrogens with one attached hydrogen (secondary N) is 2. The van der Waals surface area contributed by atoms with Crippen molar-refractivity contribution in [3.05, 3.63) is 64.6 Å². The van der Waals surface area contributed by atoms with Crippen molar-refractivity contribution in [3.8, 4) is 0 Å². The third-order valence-electron chi connectivity index (χ3n) is 4.37. The second-order valence-corrected chi connectivity index (χ2v) is 7.06. The Morgan fingerprint density at radius 3 is 2.21 bits per heavy atom. The number of carbonyl (C=O) groups is 2. The Morgan fingerprint density at radius 1 is 1.00 bits per heavy atom. The number of rotatable bonds is 5. The molecule has 1 unspecified atom stereocenters. The van der Waals surface area contributed by atoms with Gasteiger partial charge in [0.05, 0.1) is 6.04 Å². The molecule has 1 aliphatic carbocycles. The Labute approximate surface area is 149 Å². The van der Waals surface area contributed by atoms with Crippen LogP contribution in [-0.4, -0.2) is 11.8 Å². The van der Waals surface area contributed by atoms with Crippen LogP contribution >= 0.6 is 15.9 Å². The molecule has 0 aromatic heterocycles. The van der Waals surface area contributed by atoms with Crippen LogP contribution in [0.3, 0.4) is 0 Å². The third-order valence-corrected chi connectivity index (χ3v) is 4.90. The summed E-state index contributed by atoms with van der Waals surface area (Å²) < 4.78 is 0.941. The van der Waals surface area contributed by atoms with Gasteiger partial charge < -0.3 is 10.6 Å². The number of amides is 2. The van der Waals surface area contributed by atoms with Crippen LogP contribution in [0.15, 0.2) is 59.1 Å². The highest BCUT2D eigenvalue weighted by Gasteiger charge is 2.56. The highest BCUT2D eigenvalue weighted by atomic mass is 79.9. The van der Waals surface area contributed by atoms with Gasteiger partial charge in [-0.15, -0.1) is 0 Å². The largest absolute Gasteiger partial charge is 0.349 e. The minimum atomic E-state index is -0.934. The lowest BCUT2D eigenvalue weighted by Gasteiger charge is -2.19. The van der Waals surface area contributed by atoms with Gasteiger partial charge in [-0.3, -0.25) is 9.59 Å². The summed E-state index contributed by atoms with van der Waals surface area (Å²) in [6, 6.07) is 16.9. The smallest absolute Gasteiger partial charge is 0.240 e. The van der Waals surface area contributed by atoms with E-state index in [4.69, 9.17) is 0 Å². The van der Waals surface area contributed by atoms with E-state index < -0.39 is 5.41 Å². The first kappa shape index (κ1) is 16.7. The Balaban J connectivity index is 1.65.